The number of thiazole rings is 1. The molecule has 1 atom stereocenters. The lowest BCUT2D eigenvalue weighted by atomic mass is 10.1. The van der Waals surface area contributed by atoms with E-state index in [1.807, 2.05) is 0 Å². The molecule has 0 aliphatic rings. The molecule has 0 unspecified atom stereocenters. The van der Waals surface area contributed by atoms with Crippen LogP contribution in [0, 0.1) is 5.92 Å². The summed E-state index contributed by atoms with van der Waals surface area (Å²) in [6.45, 7) is 3.47. The second-order valence-electron chi connectivity index (χ2n) is 5.26. The number of amides is 1. The molecule has 2 aromatic heterocycles. The summed E-state index contributed by atoms with van der Waals surface area (Å²) in [5.74, 6) is -1.05. The Kier molecular flexibility index (Phi) is 5.78. The topological polar surface area (TPSA) is 101 Å². The van der Waals surface area contributed by atoms with Crippen molar-refractivity contribution in [2.24, 2.45) is 5.92 Å². The number of fused-ring (bicyclic) bond motifs is 1. The lowest BCUT2D eigenvalue weighted by molar-refractivity contribution is -0.142. The van der Waals surface area contributed by atoms with E-state index in [9.17, 15) is 14.4 Å². The fourth-order valence-electron chi connectivity index (χ4n) is 1.94. The smallest absolute Gasteiger partial charge is 0.326 e. The molecular weight excluding hydrogens is 338 g/mol. The van der Waals surface area contributed by atoms with Crippen LogP contribution in [0.4, 0.5) is 0 Å². The summed E-state index contributed by atoms with van der Waals surface area (Å²) in [7, 11) is 0. The number of carboxylic acid groups (broad SMARTS) is 1. The van der Waals surface area contributed by atoms with Crippen LogP contribution in [0.25, 0.3) is 4.96 Å². The maximum absolute atomic E-state index is 11.8. The Morgan fingerprint density at radius 1 is 1.48 bits per heavy atom. The summed E-state index contributed by atoms with van der Waals surface area (Å²) in [5.41, 5.74) is 0.455. The third-order valence-corrected chi connectivity index (χ3v) is 4.81. The minimum absolute atomic E-state index is 0.113. The zero-order valence-electron chi connectivity index (χ0n) is 12.7. The van der Waals surface area contributed by atoms with Crippen LogP contribution < -0.4 is 10.9 Å². The van der Waals surface area contributed by atoms with Crippen molar-refractivity contribution in [3.63, 3.8) is 0 Å². The van der Waals surface area contributed by atoms with E-state index in [-0.39, 0.29) is 23.1 Å². The molecule has 0 fully saturated rings. The van der Waals surface area contributed by atoms with Gasteiger partial charge in [-0.2, -0.15) is 0 Å². The molecule has 2 rings (SSSR count). The zero-order valence-corrected chi connectivity index (χ0v) is 14.3. The molecule has 2 N–H and O–H groups in total. The van der Waals surface area contributed by atoms with E-state index in [1.165, 1.54) is 33.6 Å². The summed E-state index contributed by atoms with van der Waals surface area (Å²) >= 11 is 2.66. The number of thioether (sulfide) groups is 1. The molecule has 0 saturated carbocycles. The Balaban J connectivity index is 1.89. The number of rotatable bonds is 7. The van der Waals surface area contributed by atoms with Gasteiger partial charge in [-0.05, 0) is 5.92 Å². The SMILES string of the molecule is CC(C)[C@H](NC(=O)CSCc1cc(=O)n2ccsc2n1)C(=O)O. The number of hydrogen-bond acceptors (Lipinski definition) is 6. The average Bonchev–Trinajstić information content (AvgIpc) is 2.93. The Bertz CT molecular complexity index is 769. The summed E-state index contributed by atoms with van der Waals surface area (Å²) in [6.07, 6.45) is 1.66. The van der Waals surface area contributed by atoms with Crippen LogP contribution in [0.15, 0.2) is 22.4 Å². The van der Waals surface area contributed by atoms with E-state index < -0.39 is 12.0 Å². The lowest BCUT2D eigenvalue weighted by Crippen LogP contribution is -2.45. The van der Waals surface area contributed by atoms with E-state index >= 15 is 0 Å². The van der Waals surface area contributed by atoms with Crippen molar-refractivity contribution in [2.75, 3.05) is 5.75 Å². The highest BCUT2D eigenvalue weighted by atomic mass is 32.2. The number of nitrogens with zero attached hydrogens (tertiary/aromatic N) is 2. The summed E-state index contributed by atoms with van der Waals surface area (Å²) in [5, 5.41) is 13.3. The molecule has 0 aliphatic heterocycles. The van der Waals surface area contributed by atoms with Gasteiger partial charge in [0.1, 0.15) is 6.04 Å². The van der Waals surface area contributed by atoms with Crippen LogP contribution in [-0.4, -0.2) is 38.2 Å². The number of carboxylic acids is 1. The maximum atomic E-state index is 11.8. The van der Waals surface area contributed by atoms with Crippen LogP contribution in [0.1, 0.15) is 19.5 Å². The fraction of sp³-hybridized carbons (Fsp3) is 0.429. The second kappa shape index (κ2) is 7.60. The molecule has 124 valence electrons. The summed E-state index contributed by atoms with van der Waals surface area (Å²) in [4.78, 5) is 39.6. The highest BCUT2D eigenvalue weighted by Crippen LogP contribution is 2.12. The van der Waals surface area contributed by atoms with Crippen molar-refractivity contribution >= 4 is 39.9 Å². The van der Waals surface area contributed by atoms with Crippen LogP contribution >= 0.6 is 23.1 Å². The summed E-state index contributed by atoms with van der Waals surface area (Å²) in [6, 6.07) is 0.548. The third-order valence-electron chi connectivity index (χ3n) is 3.09. The normalized spacial score (nSPS) is 12.5. The Morgan fingerprint density at radius 2 is 2.22 bits per heavy atom. The van der Waals surface area contributed by atoms with Crippen molar-refractivity contribution in [3.8, 4) is 0 Å². The number of hydrogen-bond donors (Lipinski definition) is 2. The first-order chi connectivity index (χ1) is 10.9. The van der Waals surface area contributed by atoms with Gasteiger partial charge in [0.25, 0.3) is 5.56 Å². The first-order valence-corrected chi connectivity index (χ1v) is 8.97. The van der Waals surface area contributed by atoms with Gasteiger partial charge in [0.2, 0.25) is 5.91 Å². The Hall–Kier alpha value is -1.87. The van der Waals surface area contributed by atoms with Gasteiger partial charge in [0.05, 0.1) is 11.4 Å². The van der Waals surface area contributed by atoms with Gasteiger partial charge in [0.15, 0.2) is 4.96 Å². The lowest BCUT2D eigenvalue weighted by Gasteiger charge is -2.17. The van der Waals surface area contributed by atoms with E-state index in [0.717, 1.165) is 0 Å². The van der Waals surface area contributed by atoms with Crippen LogP contribution in [0.2, 0.25) is 0 Å². The molecule has 0 saturated heterocycles. The average molecular weight is 355 g/mol. The van der Waals surface area contributed by atoms with E-state index in [1.54, 1.807) is 25.4 Å². The number of carbonyl (C=O) groups is 2. The van der Waals surface area contributed by atoms with Crippen LogP contribution in [0.3, 0.4) is 0 Å². The van der Waals surface area contributed by atoms with Gasteiger partial charge in [-0.1, -0.05) is 13.8 Å². The largest absolute Gasteiger partial charge is 0.480 e. The van der Waals surface area contributed by atoms with E-state index in [0.29, 0.717) is 16.4 Å². The van der Waals surface area contributed by atoms with Crippen molar-refractivity contribution in [1.82, 2.24) is 14.7 Å². The third kappa shape index (κ3) is 4.55. The molecule has 1 amide bonds. The van der Waals surface area contributed by atoms with Gasteiger partial charge >= 0.3 is 5.97 Å². The quantitative estimate of drug-likeness (QED) is 0.774. The maximum Gasteiger partial charge on any atom is 0.326 e. The molecule has 23 heavy (non-hydrogen) atoms. The van der Waals surface area contributed by atoms with Gasteiger partial charge in [-0.25, -0.2) is 9.78 Å². The molecule has 0 radical (unpaired) electrons. The minimum Gasteiger partial charge on any atom is -0.480 e. The molecule has 2 aromatic rings. The molecule has 9 heteroatoms. The molecule has 0 spiro atoms. The zero-order chi connectivity index (χ0) is 17.0. The molecular formula is C14H17N3O4S2. The van der Waals surface area contributed by atoms with E-state index in [2.05, 4.69) is 10.3 Å². The highest BCUT2D eigenvalue weighted by molar-refractivity contribution is 7.99. The predicted octanol–water partition coefficient (Wildman–Crippen LogP) is 1.21. The number of carbonyl (C=O) groups excluding carboxylic acids is 1. The molecule has 7 nitrogen and oxygen atoms in total. The van der Waals surface area contributed by atoms with Gasteiger partial charge in [-0.3, -0.25) is 14.0 Å². The standard InChI is InChI=1S/C14H17N3O4S2/c1-8(2)12(13(20)21)16-10(18)7-22-6-9-5-11(19)17-3-4-23-14(17)15-9/h3-5,8,12H,6-7H2,1-2H3,(H,16,18)(H,20,21)/t12-/m0/s1. The van der Waals surface area contributed by atoms with Crippen LogP contribution in [0.5, 0.6) is 0 Å². The predicted molar refractivity (Wildman–Crippen MR) is 89.9 cm³/mol. The van der Waals surface area contributed by atoms with Gasteiger partial charge < -0.3 is 10.4 Å². The molecule has 2 heterocycles. The summed E-state index contributed by atoms with van der Waals surface area (Å²) < 4.78 is 1.46. The first-order valence-electron chi connectivity index (χ1n) is 6.94. The number of aliphatic carboxylic acids is 1. The Labute approximate surface area is 140 Å². The number of aromatic nitrogens is 2. The van der Waals surface area contributed by atoms with Crippen molar-refractivity contribution < 1.29 is 14.7 Å². The number of nitrogens with one attached hydrogen (secondary N) is 1. The monoisotopic (exact) mass is 355 g/mol. The van der Waals surface area contributed by atoms with Crippen molar-refractivity contribution in [3.05, 3.63) is 33.7 Å². The highest BCUT2D eigenvalue weighted by Gasteiger charge is 2.23. The first kappa shape index (κ1) is 17.5. The fourth-order valence-corrected chi connectivity index (χ4v) is 3.41. The van der Waals surface area contributed by atoms with Gasteiger partial charge in [-0.15, -0.1) is 23.1 Å². The molecule has 0 bridgehead atoms. The Morgan fingerprint density at radius 3 is 2.87 bits per heavy atom. The molecule has 0 aromatic carbocycles. The second-order valence-corrected chi connectivity index (χ2v) is 7.12. The van der Waals surface area contributed by atoms with E-state index in [4.69, 9.17) is 5.11 Å². The van der Waals surface area contributed by atoms with Crippen molar-refractivity contribution in [1.29, 1.82) is 0 Å². The van der Waals surface area contributed by atoms with Crippen LogP contribution in [-0.2, 0) is 15.3 Å². The minimum atomic E-state index is -1.05. The molecule has 0 aliphatic carbocycles. The van der Waals surface area contributed by atoms with Gasteiger partial charge in [0, 0.05) is 23.4 Å². The van der Waals surface area contributed by atoms with Crippen molar-refractivity contribution in [2.45, 2.75) is 25.6 Å².